The summed E-state index contributed by atoms with van der Waals surface area (Å²) in [5.74, 6) is -1.05. The van der Waals surface area contributed by atoms with E-state index in [1.807, 2.05) is 0 Å². The van der Waals surface area contributed by atoms with Gasteiger partial charge in [0, 0.05) is 32.4 Å². The highest BCUT2D eigenvalue weighted by Gasteiger charge is 2.26. The number of rotatable bonds is 7. The number of anilines is 1. The summed E-state index contributed by atoms with van der Waals surface area (Å²) in [5, 5.41) is 5.70. The Labute approximate surface area is 186 Å². The van der Waals surface area contributed by atoms with E-state index in [0.29, 0.717) is 13.1 Å². The second-order valence-corrected chi connectivity index (χ2v) is 9.14. The van der Waals surface area contributed by atoms with E-state index >= 15 is 0 Å². The van der Waals surface area contributed by atoms with E-state index in [0.717, 1.165) is 45.3 Å². The number of nitrogens with zero attached hydrogens (tertiary/aromatic N) is 2. The van der Waals surface area contributed by atoms with Crippen LogP contribution in [0, 0.1) is 0 Å². The summed E-state index contributed by atoms with van der Waals surface area (Å²) < 4.78 is 0. The number of benzene rings is 1. The monoisotopic (exact) mass is 424 g/mol. The minimum absolute atomic E-state index is 0.114. The van der Waals surface area contributed by atoms with Crippen LogP contribution < -0.4 is 15.5 Å². The van der Waals surface area contributed by atoms with Crippen LogP contribution in [-0.2, 0) is 16.0 Å². The highest BCUT2D eigenvalue weighted by molar-refractivity contribution is 6.35. The van der Waals surface area contributed by atoms with Gasteiger partial charge in [-0.05, 0) is 81.6 Å². The first-order valence-corrected chi connectivity index (χ1v) is 11.9. The molecule has 1 atom stereocenters. The summed E-state index contributed by atoms with van der Waals surface area (Å²) in [7, 11) is 2.13. The van der Waals surface area contributed by atoms with E-state index in [1.165, 1.54) is 48.1 Å². The van der Waals surface area contributed by atoms with Gasteiger partial charge in [-0.15, -0.1) is 0 Å². The van der Waals surface area contributed by atoms with Crippen molar-refractivity contribution in [1.82, 2.24) is 15.5 Å². The van der Waals surface area contributed by atoms with Gasteiger partial charge in [-0.25, -0.2) is 0 Å². The number of likely N-dealkylation sites (tertiary alicyclic amines) is 1. The Morgan fingerprint density at radius 1 is 1.00 bits per heavy atom. The Hall–Kier alpha value is -2.34. The van der Waals surface area contributed by atoms with Crippen molar-refractivity contribution in [2.75, 3.05) is 44.7 Å². The van der Waals surface area contributed by atoms with Crippen molar-refractivity contribution in [1.29, 1.82) is 0 Å². The minimum atomic E-state index is -0.525. The molecule has 0 unspecified atom stereocenters. The fourth-order valence-electron chi connectivity index (χ4n) is 5.12. The lowest BCUT2D eigenvalue weighted by atomic mass is 9.97. The maximum atomic E-state index is 12.4. The molecule has 2 amide bonds. The molecule has 4 rings (SSSR count). The molecule has 168 valence electrons. The van der Waals surface area contributed by atoms with Gasteiger partial charge in [0.25, 0.3) is 0 Å². The van der Waals surface area contributed by atoms with Crippen molar-refractivity contribution in [2.24, 2.45) is 0 Å². The number of fused-ring (bicyclic) bond motifs is 1. The van der Waals surface area contributed by atoms with Gasteiger partial charge in [-0.1, -0.05) is 23.8 Å². The molecule has 0 spiro atoms. The Balaban J connectivity index is 1.32. The lowest BCUT2D eigenvalue weighted by Crippen LogP contribution is -2.44. The quantitative estimate of drug-likeness (QED) is 0.522. The average molecular weight is 425 g/mol. The van der Waals surface area contributed by atoms with Crippen LogP contribution >= 0.6 is 0 Å². The van der Waals surface area contributed by atoms with Crippen LogP contribution in [0.15, 0.2) is 29.8 Å². The summed E-state index contributed by atoms with van der Waals surface area (Å²) in [6, 6.07) is 6.80. The third-order valence-electron chi connectivity index (χ3n) is 6.98. The van der Waals surface area contributed by atoms with Crippen LogP contribution in [0.1, 0.15) is 62.1 Å². The standard InChI is InChI=1S/C25H36N4O2/c1-28-16-12-21-17-20(9-10-22(21)28)23(29-14-5-6-15-29)18-27-25(31)24(30)26-13-11-19-7-3-2-4-8-19/h7,9-10,17,23H,2-6,8,11-16,18H2,1H3,(H,26,30)(H,27,31)/t23-/m1/s1. The molecule has 1 fully saturated rings. The molecule has 0 bridgehead atoms. The van der Waals surface area contributed by atoms with Crippen LogP contribution in [-0.4, -0.2) is 56.5 Å². The number of nitrogens with one attached hydrogen (secondary N) is 2. The molecule has 31 heavy (non-hydrogen) atoms. The van der Waals surface area contributed by atoms with Crippen LogP contribution in [0.2, 0.25) is 0 Å². The molecule has 1 aromatic rings. The van der Waals surface area contributed by atoms with Crippen molar-refractivity contribution >= 4 is 17.5 Å². The van der Waals surface area contributed by atoms with Crippen molar-refractivity contribution in [3.05, 3.63) is 41.0 Å². The van der Waals surface area contributed by atoms with E-state index in [1.54, 1.807) is 0 Å². The van der Waals surface area contributed by atoms with Gasteiger partial charge >= 0.3 is 11.8 Å². The van der Waals surface area contributed by atoms with Crippen molar-refractivity contribution in [3.63, 3.8) is 0 Å². The number of carbonyl (C=O) groups is 2. The maximum absolute atomic E-state index is 12.4. The summed E-state index contributed by atoms with van der Waals surface area (Å²) in [5.41, 5.74) is 5.33. The van der Waals surface area contributed by atoms with Crippen LogP contribution in [0.4, 0.5) is 5.69 Å². The zero-order valence-electron chi connectivity index (χ0n) is 18.8. The Morgan fingerprint density at radius 3 is 2.58 bits per heavy atom. The second kappa shape index (κ2) is 10.3. The molecule has 2 aliphatic heterocycles. The van der Waals surface area contributed by atoms with Crippen LogP contribution in [0.5, 0.6) is 0 Å². The van der Waals surface area contributed by atoms with Crippen LogP contribution in [0.25, 0.3) is 0 Å². The topological polar surface area (TPSA) is 64.7 Å². The van der Waals surface area contributed by atoms with E-state index in [9.17, 15) is 9.59 Å². The summed E-state index contributed by atoms with van der Waals surface area (Å²) in [4.78, 5) is 29.5. The fourth-order valence-corrected chi connectivity index (χ4v) is 5.12. The van der Waals surface area contributed by atoms with Gasteiger partial charge in [-0.3, -0.25) is 14.5 Å². The molecule has 2 N–H and O–H groups in total. The van der Waals surface area contributed by atoms with Gasteiger partial charge in [0.05, 0.1) is 6.04 Å². The molecule has 0 aromatic heterocycles. The van der Waals surface area contributed by atoms with Gasteiger partial charge in [0.15, 0.2) is 0 Å². The molecule has 1 saturated heterocycles. The first-order valence-electron chi connectivity index (χ1n) is 11.9. The van der Waals surface area contributed by atoms with Gasteiger partial charge in [-0.2, -0.15) is 0 Å². The predicted octanol–water partition coefficient (Wildman–Crippen LogP) is 2.94. The molecule has 0 saturated carbocycles. The van der Waals surface area contributed by atoms with Gasteiger partial charge in [0.2, 0.25) is 0 Å². The zero-order valence-corrected chi connectivity index (χ0v) is 18.8. The fraction of sp³-hybridized carbons (Fsp3) is 0.600. The van der Waals surface area contributed by atoms with Gasteiger partial charge in [0.1, 0.15) is 0 Å². The molecule has 1 aliphatic carbocycles. The van der Waals surface area contributed by atoms with Crippen LogP contribution in [0.3, 0.4) is 0 Å². The van der Waals surface area contributed by atoms with E-state index in [-0.39, 0.29) is 6.04 Å². The van der Waals surface area contributed by atoms with Crippen molar-refractivity contribution < 1.29 is 9.59 Å². The molecule has 6 heteroatoms. The number of hydrogen-bond acceptors (Lipinski definition) is 4. The molecule has 0 radical (unpaired) electrons. The van der Waals surface area contributed by atoms with E-state index in [2.05, 4.69) is 51.8 Å². The number of carbonyl (C=O) groups excluding carboxylic acids is 2. The molecule has 2 heterocycles. The largest absolute Gasteiger partial charge is 0.374 e. The lowest BCUT2D eigenvalue weighted by Gasteiger charge is -2.28. The summed E-state index contributed by atoms with van der Waals surface area (Å²) in [6.07, 6.45) is 11.3. The normalized spacial score (nSPS) is 19.6. The third-order valence-corrected chi connectivity index (χ3v) is 6.98. The highest BCUT2D eigenvalue weighted by atomic mass is 16.2. The Morgan fingerprint density at radius 2 is 1.81 bits per heavy atom. The molecule has 3 aliphatic rings. The van der Waals surface area contributed by atoms with Crippen molar-refractivity contribution in [3.8, 4) is 0 Å². The predicted molar refractivity (Wildman–Crippen MR) is 124 cm³/mol. The number of amides is 2. The Bertz CT molecular complexity index is 829. The van der Waals surface area contributed by atoms with Crippen molar-refractivity contribution in [2.45, 2.75) is 57.4 Å². The molecule has 6 nitrogen and oxygen atoms in total. The first kappa shape index (κ1) is 21.9. The number of likely N-dealkylation sites (N-methyl/N-ethyl adjacent to an activating group) is 1. The zero-order chi connectivity index (χ0) is 21.6. The molecular weight excluding hydrogens is 388 g/mol. The summed E-state index contributed by atoms with van der Waals surface area (Å²) >= 11 is 0. The molecular formula is C25H36N4O2. The number of hydrogen-bond donors (Lipinski definition) is 2. The highest BCUT2D eigenvalue weighted by Crippen LogP contribution is 2.32. The first-order chi connectivity index (χ1) is 15.1. The van der Waals surface area contributed by atoms with E-state index < -0.39 is 11.8 Å². The van der Waals surface area contributed by atoms with E-state index in [4.69, 9.17) is 0 Å². The minimum Gasteiger partial charge on any atom is -0.374 e. The summed E-state index contributed by atoms with van der Waals surface area (Å²) in [6.45, 7) is 4.14. The number of allylic oxidation sites excluding steroid dienone is 1. The third kappa shape index (κ3) is 5.48. The molecule has 1 aromatic carbocycles. The smallest absolute Gasteiger partial charge is 0.309 e. The Kier molecular flexibility index (Phi) is 7.28. The maximum Gasteiger partial charge on any atom is 0.309 e. The lowest BCUT2D eigenvalue weighted by molar-refractivity contribution is -0.139. The van der Waals surface area contributed by atoms with Gasteiger partial charge < -0.3 is 15.5 Å². The average Bonchev–Trinajstić information content (AvgIpc) is 3.45. The SMILES string of the molecule is CN1CCc2cc([C@@H](CNC(=O)C(=O)NCCC3=CCCCC3)N3CCCC3)ccc21. The second-order valence-electron chi connectivity index (χ2n) is 9.14.